The molecule has 0 radical (unpaired) electrons. The Hall–Kier alpha value is -1.58. The van der Waals surface area contributed by atoms with Crippen molar-refractivity contribution in [3.05, 3.63) is 30.9 Å². The maximum atomic E-state index is 11.2. The van der Waals surface area contributed by atoms with Gasteiger partial charge in [0.15, 0.2) is 0 Å². The largest absolute Gasteiger partial charge is 0.462 e. The molecule has 1 aromatic heterocycles. The van der Waals surface area contributed by atoms with Gasteiger partial charge in [-0.3, -0.25) is 0 Å². The number of aromatic nitrogens is 2. The van der Waals surface area contributed by atoms with Gasteiger partial charge in [0.1, 0.15) is 12.4 Å². The van der Waals surface area contributed by atoms with E-state index >= 15 is 0 Å². The van der Waals surface area contributed by atoms with E-state index in [-0.39, 0.29) is 5.97 Å². The molecule has 0 spiro atoms. The van der Waals surface area contributed by atoms with Crippen LogP contribution in [0.15, 0.2) is 30.9 Å². The van der Waals surface area contributed by atoms with Gasteiger partial charge in [-0.05, 0) is 39.0 Å². The number of hydrogen-bond donors (Lipinski definition) is 0. The molecule has 0 unspecified atom stereocenters. The van der Waals surface area contributed by atoms with Gasteiger partial charge >= 0.3 is 5.97 Å². The number of carbonyl (C=O) groups excluding carboxylic acids is 1. The lowest BCUT2D eigenvalue weighted by molar-refractivity contribution is -0.696. The summed E-state index contributed by atoms with van der Waals surface area (Å²) in [6.45, 7) is 10.1. The highest BCUT2D eigenvalue weighted by Gasteiger charge is 2.04. The Morgan fingerprint density at radius 2 is 2.00 bits per heavy atom. The molecule has 0 aromatic carbocycles. The van der Waals surface area contributed by atoms with E-state index in [4.69, 9.17) is 4.74 Å². The van der Waals surface area contributed by atoms with Crippen LogP contribution in [0.3, 0.4) is 0 Å². The van der Waals surface area contributed by atoms with Crippen molar-refractivity contribution in [2.24, 2.45) is 0 Å². The van der Waals surface area contributed by atoms with Crippen molar-refractivity contribution in [3.63, 3.8) is 0 Å². The highest BCUT2D eigenvalue weighted by atomic mass is 16.5. The molecule has 0 saturated heterocycles. The molecule has 0 N–H and O–H groups in total. The topological polar surface area (TPSA) is 35.1 Å². The predicted octanol–water partition coefficient (Wildman–Crippen LogP) is 3.26. The third-order valence-corrected chi connectivity index (χ3v) is 3.41. The minimum Gasteiger partial charge on any atom is -0.462 e. The number of hydrogen-bond acceptors (Lipinski definition) is 2. The van der Waals surface area contributed by atoms with Crippen molar-refractivity contribution in [2.45, 2.75) is 65.5 Å². The van der Waals surface area contributed by atoms with Crippen LogP contribution in [0.4, 0.5) is 0 Å². The van der Waals surface area contributed by atoms with Gasteiger partial charge in [-0.2, -0.15) is 0 Å². The zero-order valence-corrected chi connectivity index (χ0v) is 13.5. The highest BCUT2D eigenvalue weighted by molar-refractivity contribution is 5.86. The molecule has 0 amide bonds. The predicted molar refractivity (Wildman–Crippen MR) is 83.8 cm³/mol. The Morgan fingerprint density at radius 1 is 1.24 bits per heavy atom. The number of nitrogens with zero attached hydrogens (tertiary/aromatic N) is 2. The molecule has 0 aliphatic rings. The van der Waals surface area contributed by atoms with Crippen molar-refractivity contribution in [2.75, 3.05) is 6.61 Å². The minimum atomic E-state index is -0.279. The summed E-state index contributed by atoms with van der Waals surface area (Å²) in [7, 11) is 0. The molecule has 0 aliphatic heterocycles. The van der Waals surface area contributed by atoms with Crippen molar-refractivity contribution >= 4 is 5.97 Å². The number of aryl methyl sites for hydroxylation is 2. The Morgan fingerprint density at radius 3 is 2.71 bits per heavy atom. The third kappa shape index (κ3) is 7.69. The van der Waals surface area contributed by atoms with Crippen LogP contribution >= 0.6 is 0 Å². The van der Waals surface area contributed by atoms with Crippen molar-refractivity contribution < 1.29 is 14.1 Å². The first-order valence-electron chi connectivity index (χ1n) is 8.01. The second-order valence-electron chi connectivity index (χ2n) is 5.57. The van der Waals surface area contributed by atoms with E-state index < -0.39 is 0 Å². The fourth-order valence-corrected chi connectivity index (χ4v) is 2.08. The van der Waals surface area contributed by atoms with Crippen molar-refractivity contribution in [1.29, 1.82) is 0 Å². The Kier molecular flexibility index (Phi) is 8.48. The number of unbranched alkanes of at least 4 members (excludes halogenated alkanes) is 4. The maximum Gasteiger partial charge on any atom is 0.333 e. The standard InChI is InChI=1S/C17H29N2O2/c1-4-5-10-18-12-13-19(15-18)11-8-6-7-9-14-21-17(20)16(2)3/h12-13,15H,2,4-11,14H2,1,3H3/q+1. The zero-order valence-electron chi connectivity index (χ0n) is 13.5. The summed E-state index contributed by atoms with van der Waals surface area (Å²) in [6.07, 6.45) is 13.3. The molecule has 0 aliphatic carbocycles. The molecule has 0 saturated carbocycles. The lowest BCUT2D eigenvalue weighted by Crippen LogP contribution is -2.30. The van der Waals surface area contributed by atoms with Gasteiger partial charge in [-0.25, -0.2) is 13.9 Å². The first-order chi connectivity index (χ1) is 10.1. The molecule has 0 bridgehead atoms. The lowest BCUT2D eigenvalue weighted by Gasteiger charge is -2.03. The van der Waals surface area contributed by atoms with Crippen LogP contribution in [0.2, 0.25) is 0 Å². The van der Waals surface area contributed by atoms with Crippen LogP contribution in [-0.2, 0) is 22.6 Å². The van der Waals surface area contributed by atoms with E-state index in [0.29, 0.717) is 12.2 Å². The van der Waals surface area contributed by atoms with Crippen LogP contribution in [0.5, 0.6) is 0 Å². The van der Waals surface area contributed by atoms with Gasteiger partial charge in [-0.1, -0.05) is 19.9 Å². The number of carbonyl (C=O) groups is 1. The molecule has 0 atom stereocenters. The second kappa shape index (κ2) is 10.2. The molecule has 4 nitrogen and oxygen atoms in total. The first kappa shape index (κ1) is 17.5. The molecular formula is C17H29N2O2+. The zero-order chi connectivity index (χ0) is 15.5. The summed E-state index contributed by atoms with van der Waals surface area (Å²) in [5.74, 6) is -0.279. The molecule has 1 heterocycles. The molecule has 1 aromatic rings. The molecule has 21 heavy (non-hydrogen) atoms. The Balaban J connectivity index is 2.02. The fraction of sp³-hybridized carbons (Fsp3) is 0.647. The number of imidazole rings is 1. The van der Waals surface area contributed by atoms with Crippen LogP contribution in [0.1, 0.15) is 52.4 Å². The highest BCUT2D eigenvalue weighted by Crippen LogP contribution is 2.02. The summed E-state index contributed by atoms with van der Waals surface area (Å²) in [4.78, 5) is 11.2. The molecule has 4 heteroatoms. The van der Waals surface area contributed by atoms with Crippen LogP contribution < -0.4 is 4.57 Å². The number of rotatable bonds is 11. The Bertz CT molecular complexity index is 438. The first-order valence-corrected chi connectivity index (χ1v) is 8.01. The summed E-state index contributed by atoms with van der Waals surface area (Å²) >= 11 is 0. The normalized spacial score (nSPS) is 10.6. The van der Waals surface area contributed by atoms with E-state index in [0.717, 1.165) is 38.8 Å². The van der Waals surface area contributed by atoms with E-state index in [9.17, 15) is 4.79 Å². The van der Waals surface area contributed by atoms with Crippen LogP contribution in [0, 0.1) is 0 Å². The van der Waals surface area contributed by atoms with E-state index in [1.165, 1.54) is 12.8 Å². The molecule has 0 fully saturated rings. The third-order valence-electron chi connectivity index (χ3n) is 3.41. The van der Waals surface area contributed by atoms with E-state index in [1.807, 2.05) is 0 Å². The number of esters is 1. The van der Waals surface area contributed by atoms with Crippen molar-refractivity contribution in [3.8, 4) is 0 Å². The average Bonchev–Trinajstić information content (AvgIpc) is 2.91. The maximum absolute atomic E-state index is 11.2. The monoisotopic (exact) mass is 293 g/mol. The summed E-state index contributed by atoms with van der Waals surface area (Å²) in [5.41, 5.74) is 0.471. The summed E-state index contributed by atoms with van der Waals surface area (Å²) < 4.78 is 9.56. The molecule has 1 rings (SSSR count). The van der Waals surface area contributed by atoms with Gasteiger partial charge in [0.25, 0.3) is 0 Å². The van der Waals surface area contributed by atoms with Gasteiger partial charge in [0, 0.05) is 5.57 Å². The van der Waals surface area contributed by atoms with Crippen molar-refractivity contribution in [1.82, 2.24) is 4.57 Å². The summed E-state index contributed by atoms with van der Waals surface area (Å²) in [6, 6.07) is 0. The van der Waals surface area contributed by atoms with E-state index in [1.54, 1.807) is 6.92 Å². The fourth-order valence-electron chi connectivity index (χ4n) is 2.08. The van der Waals surface area contributed by atoms with Crippen LogP contribution in [0.25, 0.3) is 0 Å². The smallest absolute Gasteiger partial charge is 0.333 e. The number of ether oxygens (including phenoxy) is 1. The lowest BCUT2D eigenvalue weighted by atomic mass is 10.2. The van der Waals surface area contributed by atoms with Crippen LogP contribution in [-0.4, -0.2) is 17.1 Å². The second-order valence-corrected chi connectivity index (χ2v) is 5.57. The van der Waals surface area contributed by atoms with Gasteiger partial charge in [0.2, 0.25) is 6.33 Å². The average molecular weight is 293 g/mol. The molecule has 118 valence electrons. The SMILES string of the molecule is C=C(C)C(=O)OCCCCCC[n+]1ccn(CCCC)c1. The molecular weight excluding hydrogens is 264 g/mol. The van der Waals surface area contributed by atoms with Gasteiger partial charge < -0.3 is 4.74 Å². The quantitative estimate of drug-likeness (QED) is 0.272. The minimum absolute atomic E-state index is 0.279. The Labute approximate surface area is 128 Å². The van der Waals surface area contributed by atoms with Gasteiger partial charge in [0.05, 0.1) is 19.7 Å². The van der Waals surface area contributed by atoms with E-state index in [2.05, 4.69) is 41.4 Å². The van der Waals surface area contributed by atoms with Gasteiger partial charge in [-0.15, -0.1) is 0 Å². The summed E-state index contributed by atoms with van der Waals surface area (Å²) in [5, 5.41) is 0.